The molecule has 4 rings (SSSR count). The molecule has 0 amide bonds. The number of aliphatic hydroxyl groups excluding tert-OH is 1. The molecule has 2 heterocycles. The second kappa shape index (κ2) is 12.0. The second-order valence-electron chi connectivity index (χ2n) is 9.96. The molecule has 1 aromatic heterocycles. The molecule has 0 saturated carbocycles. The zero-order valence-electron chi connectivity index (χ0n) is 22.6. The van der Waals surface area contributed by atoms with E-state index in [0.717, 1.165) is 5.39 Å². The first-order valence-electron chi connectivity index (χ1n) is 12.7. The van der Waals surface area contributed by atoms with E-state index in [0.29, 0.717) is 16.2 Å². The molecule has 3 aromatic rings. The van der Waals surface area contributed by atoms with Crippen LogP contribution in [0.25, 0.3) is 10.8 Å². The summed E-state index contributed by atoms with van der Waals surface area (Å²) in [6.07, 6.45) is -4.09. The highest BCUT2D eigenvalue weighted by Crippen LogP contribution is 2.49. The number of aromatic amines is 1. The number of ether oxygens (including phenoxy) is 2. The first-order chi connectivity index (χ1) is 19.2. The van der Waals surface area contributed by atoms with Gasteiger partial charge in [-0.3, -0.25) is 23.7 Å². The van der Waals surface area contributed by atoms with Gasteiger partial charge in [-0.15, -0.1) is 11.6 Å². The van der Waals surface area contributed by atoms with Crippen LogP contribution >= 0.6 is 19.3 Å². The number of alkyl halides is 1. The van der Waals surface area contributed by atoms with Gasteiger partial charge in [0.2, 0.25) is 5.82 Å². The number of carbonyl (C=O) groups is 1. The van der Waals surface area contributed by atoms with Gasteiger partial charge in [0.05, 0.1) is 18.9 Å². The van der Waals surface area contributed by atoms with E-state index in [2.05, 4.69) is 5.09 Å². The highest BCUT2D eigenvalue weighted by atomic mass is 35.5. The molecule has 222 valence electrons. The number of carbonyl (C=O) groups excluding carboxylic acids is 1. The summed E-state index contributed by atoms with van der Waals surface area (Å²) in [5.74, 6) is -1.80. The summed E-state index contributed by atoms with van der Waals surface area (Å²) in [5, 5.41) is 14.9. The third-order valence-electron chi connectivity index (χ3n) is 6.33. The Bertz CT molecular complexity index is 1590. The number of hydrogen-bond donors (Lipinski definition) is 3. The lowest BCUT2D eigenvalue weighted by Gasteiger charge is -2.26. The van der Waals surface area contributed by atoms with Crippen molar-refractivity contribution in [2.45, 2.75) is 63.2 Å². The van der Waals surface area contributed by atoms with Gasteiger partial charge < -0.3 is 19.1 Å². The normalized spacial score (nSPS) is 24.7. The van der Waals surface area contributed by atoms with Crippen molar-refractivity contribution in [3.8, 4) is 5.75 Å². The summed E-state index contributed by atoms with van der Waals surface area (Å²) >= 11 is 6.52. The molecule has 1 fully saturated rings. The van der Waals surface area contributed by atoms with E-state index in [1.165, 1.54) is 13.8 Å². The molecule has 41 heavy (non-hydrogen) atoms. The standard InChI is InChI=1S/C26H30ClFN3O9P/c1-14(2)38-23(34)15(3)30-41(36,40-19-11-7-9-16-8-5-6-10-17(16)19)37-13-20-21(32)26(4,27)24(39-20)31-12-18(28)22(33)29-25(31)35/h5-12,14-15,20-21,24,32H,13H2,1-4H3,(H,30,36)(H,29,33,35)/t15-,20-,21-,24-,26-,41-/m1/s1. The molecule has 0 aliphatic carbocycles. The lowest BCUT2D eigenvalue weighted by atomic mass is 10.0. The molecular weight excluding hydrogens is 584 g/mol. The van der Waals surface area contributed by atoms with E-state index >= 15 is 0 Å². The van der Waals surface area contributed by atoms with Crippen molar-refractivity contribution in [1.29, 1.82) is 0 Å². The number of halogens is 2. The largest absolute Gasteiger partial charge is 0.462 e. The Balaban J connectivity index is 1.61. The number of nitrogens with one attached hydrogen (secondary N) is 2. The van der Waals surface area contributed by atoms with Gasteiger partial charge in [-0.2, -0.15) is 9.48 Å². The van der Waals surface area contributed by atoms with Crippen LogP contribution < -0.4 is 20.9 Å². The van der Waals surface area contributed by atoms with Crippen LogP contribution in [-0.4, -0.2) is 56.5 Å². The summed E-state index contributed by atoms with van der Waals surface area (Å²) in [4.78, 5) is 36.4. The van der Waals surface area contributed by atoms with E-state index in [-0.39, 0.29) is 5.75 Å². The maximum absolute atomic E-state index is 14.1. The number of rotatable bonds is 10. The van der Waals surface area contributed by atoms with Crippen molar-refractivity contribution in [3.63, 3.8) is 0 Å². The quantitative estimate of drug-likeness (QED) is 0.176. The van der Waals surface area contributed by atoms with Crippen LogP contribution in [0.4, 0.5) is 4.39 Å². The molecule has 2 aromatic carbocycles. The lowest BCUT2D eigenvalue weighted by Crippen LogP contribution is -2.43. The SMILES string of the molecule is CC(C)OC(=O)[C@@H](C)N[P@@](=O)(OC[C@H]1O[C@@H](n2cc(F)c(=O)[nH]c2=O)[C@](C)(Cl)[C@@H]1O)Oc1cccc2ccccc12. The van der Waals surface area contributed by atoms with Gasteiger partial charge in [-0.05, 0) is 39.1 Å². The minimum absolute atomic E-state index is 0.187. The van der Waals surface area contributed by atoms with Gasteiger partial charge in [0.25, 0.3) is 5.56 Å². The van der Waals surface area contributed by atoms with Gasteiger partial charge in [-0.1, -0.05) is 36.4 Å². The highest BCUT2D eigenvalue weighted by Gasteiger charge is 2.54. The molecule has 1 aliphatic rings. The molecule has 0 radical (unpaired) electrons. The number of H-pyrrole nitrogens is 1. The Hall–Kier alpha value is -3.06. The summed E-state index contributed by atoms with van der Waals surface area (Å²) in [6.45, 7) is 5.48. The van der Waals surface area contributed by atoms with Crippen molar-refractivity contribution >= 4 is 36.1 Å². The van der Waals surface area contributed by atoms with Crippen LogP contribution in [0.1, 0.15) is 33.9 Å². The smallest absolute Gasteiger partial charge is 0.459 e. The predicted molar refractivity (Wildman–Crippen MR) is 147 cm³/mol. The number of aliphatic hydroxyl groups is 1. The number of fused-ring (bicyclic) bond motifs is 1. The van der Waals surface area contributed by atoms with Crippen molar-refractivity contribution in [1.82, 2.24) is 14.6 Å². The van der Waals surface area contributed by atoms with Crippen molar-refractivity contribution in [3.05, 3.63) is 75.3 Å². The van der Waals surface area contributed by atoms with Crippen LogP contribution in [0.2, 0.25) is 0 Å². The molecule has 12 nitrogen and oxygen atoms in total. The average Bonchev–Trinajstić information content (AvgIpc) is 3.13. The van der Waals surface area contributed by atoms with Crippen molar-refractivity contribution in [2.24, 2.45) is 0 Å². The summed E-state index contributed by atoms with van der Waals surface area (Å²) in [5.41, 5.74) is -2.25. The number of nitrogens with zero attached hydrogens (tertiary/aromatic N) is 1. The van der Waals surface area contributed by atoms with E-state index in [1.54, 1.807) is 43.1 Å². The number of esters is 1. The molecule has 0 unspecified atom stereocenters. The molecule has 0 bridgehead atoms. The topological polar surface area (TPSA) is 158 Å². The molecular formula is C26H30ClFN3O9P. The third kappa shape index (κ3) is 6.72. The first-order valence-corrected chi connectivity index (χ1v) is 14.6. The summed E-state index contributed by atoms with van der Waals surface area (Å²) in [7, 11) is -4.40. The Morgan fingerprint density at radius 1 is 1.24 bits per heavy atom. The van der Waals surface area contributed by atoms with Crippen LogP contribution in [0.3, 0.4) is 0 Å². The molecule has 6 atom stereocenters. The van der Waals surface area contributed by atoms with E-state index in [4.69, 9.17) is 30.1 Å². The fourth-order valence-corrected chi connectivity index (χ4v) is 6.09. The summed E-state index contributed by atoms with van der Waals surface area (Å²) in [6, 6.07) is 11.1. The predicted octanol–water partition coefficient (Wildman–Crippen LogP) is 3.22. The van der Waals surface area contributed by atoms with Crippen LogP contribution in [0.5, 0.6) is 5.75 Å². The number of aromatic nitrogens is 2. The van der Waals surface area contributed by atoms with E-state index < -0.39 is 72.8 Å². The number of benzene rings is 2. The molecule has 15 heteroatoms. The van der Waals surface area contributed by atoms with Gasteiger partial charge in [0.15, 0.2) is 6.23 Å². The zero-order valence-corrected chi connectivity index (χ0v) is 24.2. The minimum Gasteiger partial charge on any atom is -0.462 e. The Morgan fingerprint density at radius 2 is 1.93 bits per heavy atom. The van der Waals surface area contributed by atoms with Gasteiger partial charge in [0.1, 0.15) is 28.9 Å². The molecule has 1 aliphatic heterocycles. The minimum atomic E-state index is -4.40. The van der Waals surface area contributed by atoms with Crippen molar-refractivity contribution < 1.29 is 37.4 Å². The zero-order chi connectivity index (χ0) is 30.1. The van der Waals surface area contributed by atoms with Gasteiger partial charge in [0, 0.05) is 5.39 Å². The fourth-order valence-electron chi connectivity index (χ4n) is 4.28. The van der Waals surface area contributed by atoms with Gasteiger partial charge >= 0.3 is 19.4 Å². The molecule has 3 N–H and O–H groups in total. The first kappa shape index (κ1) is 30.9. The van der Waals surface area contributed by atoms with Crippen LogP contribution in [0, 0.1) is 5.82 Å². The second-order valence-corrected chi connectivity index (χ2v) is 12.5. The average molecular weight is 614 g/mol. The number of hydrogen-bond acceptors (Lipinski definition) is 9. The molecule has 1 saturated heterocycles. The highest BCUT2D eigenvalue weighted by molar-refractivity contribution is 7.52. The van der Waals surface area contributed by atoms with E-state index in [1.807, 2.05) is 18.2 Å². The monoisotopic (exact) mass is 613 g/mol. The van der Waals surface area contributed by atoms with Crippen molar-refractivity contribution in [2.75, 3.05) is 6.61 Å². The maximum Gasteiger partial charge on any atom is 0.459 e. The van der Waals surface area contributed by atoms with Gasteiger partial charge in [-0.25, -0.2) is 9.36 Å². The summed E-state index contributed by atoms with van der Waals surface area (Å²) < 4.78 is 51.2. The lowest BCUT2D eigenvalue weighted by molar-refractivity contribution is -0.149. The Morgan fingerprint density at radius 3 is 2.63 bits per heavy atom. The maximum atomic E-state index is 14.1. The van der Waals surface area contributed by atoms with Crippen LogP contribution in [-0.2, 0) is 23.4 Å². The third-order valence-corrected chi connectivity index (χ3v) is 8.37. The Kier molecular flexibility index (Phi) is 9.07. The Labute approximate surface area is 238 Å². The van der Waals surface area contributed by atoms with E-state index in [9.17, 15) is 28.4 Å². The van der Waals surface area contributed by atoms with Crippen LogP contribution in [0.15, 0.2) is 58.3 Å². The fraction of sp³-hybridized carbons (Fsp3) is 0.423. The molecule has 0 spiro atoms.